The largest absolute Gasteiger partial charge is 0.347 e. The molecule has 1 aliphatic rings. The number of nitrogens with one attached hydrogen (secondary N) is 2. The molecule has 1 amide bonds. The minimum atomic E-state index is -3.22. The number of hydrogen-bond donors (Lipinski definition) is 2. The van der Waals surface area contributed by atoms with Crippen molar-refractivity contribution in [1.82, 2.24) is 10.6 Å². The molecular weight excluding hydrogens is 312 g/mol. The first-order valence-electron chi connectivity index (χ1n) is 6.64. The number of halogens is 1. The summed E-state index contributed by atoms with van der Waals surface area (Å²) in [5.74, 6) is -0.158. The number of rotatable bonds is 3. The van der Waals surface area contributed by atoms with E-state index >= 15 is 0 Å². The minimum Gasteiger partial charge on any atom is -0.347 e. The second-order valence-corrected chi connectivity index (χ2v) is 7.58. The summed E-state index contributed by atoms with van der Waals surface area (Å²) in [6.45, 7) is 3.82. The number of sulfone groups is 1. The van der Waals surface area contributed by atoms with Gasteiger partial charge >= 0.3 is 0 Å². The highest BCUT2D eigenvalue weighted by atomic mass is 35.5. The Kier molecular flexibility index (Phi) is 5.78. The number of amides is 1. The molecule has 5 nitrogen and oxygen atoms in total. The van der Waals surface area contributed by atoms with Crippen molar-refractivity contribution < 1.29 is 13.2 Å². The maximum Gasteiger partial charge on any atom is 0.251 e. The van der Waals surface area contributed by atoms with Gasteiger partial charge in [0.2, 0.25) is 0 Å². The summed E-state index contributed by atoms with van der Waals surface area (Å²) in [7, 11) is -3.22. The summed E-state index contributed by atoms with van der Waals surface area (Å²) in [4.78, 5) is 12.4. The molecule has 1 aromatic carbocycles. The highest BCUT2D eigenvalue weighted by molar-refractivity contribution is 7.90. The van der Waals surface area contributed by atoms with Gasteiger partial charge in [0.25, 0.3) is 5.91 Å². The second-order valence-electron chi connectivity index (χ2n) is 5.56. The highest BCUT2D eigenvalue weighted by Crippen LogP contribution is 2.18. The average molecular weight is 333 g/mol. The van der Waals surface area contributed by atoms with E-state index in [1.165, 1.54) is 12.1 Å². The molecule has 0 unspecified atom stereocenters. The van der Waals surface area contributed by atoms with Crippen LogP contribution in [0.4, 0.5) is 0 Å². The Morgan fingerprint density at radius 3 is 2.19 bits per heavy atom. The van der Waals surface area contributed by atoms with Gasteiger partial charge in [-0.25, -0.2) is 8.42 Å². The van der Waals surface area contributed by atoms with Crippen LogP contribution in [0.1, 0.15) is 30.1 Å². The summed E-state index contributed by atoms with van der Waals surface area (Å²) in [5.41, 5.74) is 0.287. The molecule has 0 saturated carbocycles. The van der Waals surface area contributed by atoms with Crippen LogP contribution < -0.4 is 10.6 Å². The van der Waals surface area contributed by atoms with Crippen LogP contribution in [0.25, 0.3) is 0 Å². The van der Waals surface area contributed by atoms with Crippen LogP contribution in [0.3, 0.4) is 0 Å². The van der Waals surface area contributed by atoms with Crippen LogP contribution in [-0.2, 0) is 9.84 Å². The Bertz CT molecular complexity index is 593. The molecule has 118 valence electrons. The van der Waals surface area contributed by atoms with Crippen LogP contribution in [0.15, 0.2) is 29.2 Å². The summed E-state index contributed by atoms with van der Waals surface area (Å²) < 4.78 is 22.7. The minimum absolute atomic E-state index is 0. The van der Waals surface area contributed by atoms with Crippen molar-refractivity contribution in [2.75, 3.05) is 19.3 Å². The van der Waals surface area contributed by atoms with E-state index < -0.39 is 9.84 Å². The van der Waals surface area contributed by atoms with Crippen LogP contribution in [-0.4, -0.2) is 39.2 Å². The van der Waals surface area contributed by atoms with Gasteiger partial charge in [0.15, 0.2) is 9.84 Å². The smallest absolute Gasteiger partial charge is 0.251 e. The predicted molar refractivity (Wildman–Crippen MR) is 84.8 cm³/mol. The molecule has 7 heteroatoms. The van der Waals surface area contributed by atoms with Gasteiger partial charge in [-0.1, -0.05) is 0 Å². The van der Waals surface area contributed by atoms with Gasteiger partial charge in [0.1, 0.15) is 0 Å². The number of piperidine rings is 1. The zero-order valence-electron chi connectivity index (χ0n) is 12.2. The first kappa shape index (κ1) is 17.9. The molecule has 0 aromatic heterocycles. The van der Waals surface area contributed by atoms with Crippen LogP contribution in [0.2, 0.25) is 0 Å². The lowest BCUT2D eigenvalue weighted by molar-refractivity contribution is 0.0887. The van der Waals surface area contributed by atoms with Crippen molar-refractivity contribution in [3.8, 4) is 0 Å². The Balaban J connectivity index is 0.00000220. The lowest BCUT2D eigenvalue weighted by atomic mass is 9.90. The Hall–Kier alpha value is -1.11. The summed E-state index contributed by atoms with van der Waals surface area (Å²) in [6, 6.07) is 6.04. The first-order valence-corrected chi connectivity index (χ1v) is 8.53. The topological polar surface area (TPSA) is 75.3 Å². The van der Waals surface area contributed by atoms with Gasteiger partial charge < -0.3 is 10.6 Å². The average Bonchev–Trinajstić information content (AvgIpc) is 2.38. The molecule has 2 N–H and O–H groups in total. The van der Waals surface area contributed by atoms with Crippen molar-refractivity contribution in [2.24, 2.45) is 0 Å². The Morgan fingerprint density at radius 1 is 1.19 bits per heavy atom. The van der Waals surface area contributed by atoms with Gasteiger partial charge in [-0.15, -0.1) is 12.4 Å². The molecule has 1 aliphatic heterocycles. The van der Waals surface area contributed by atoms with Crippen LogP contribution in [0, 0.1) is 0 Å². The highest BCUT2D eigenvalue weighted by Gasteiger charge is 2.28. The molecule has 1 aromatic rings. The molecule has 1 saturated heterocycles. The number of benzene rings is 1. The fourth-order valence-electron chi connectivity index (χ4n) is 2.30. The first-order chi connectivity index (χ1) is 9.30. The molecular formula is C14H21ClN2O3S. The van der Waals surface area contributed by atoms with E-state index in [4.69, 9.17) is 0 Å². The van der Waals surface area contributed by atoms with Gasteiger partial charge in [-0.05, 0) is 57.1 Å². The van der Waals surface area contributed by atoms with E-state index in [1.807, 2.05) is 6.92 Å². The van der Waals surface area contributed by atoms with Crippen LogP contribution in [0.5, 0.6) is 0 Å². The summed E-state index contributed by atoms with van der Waals surface area (Å²) in [5, 5.41) is 6.30. The molecule has 0 bridgehead atoms. The van der Waals surface area contributed by atoms with E-state index in [1.54, 1.807) is 12.1 Å². The zero-order valence-corrected chi connectivity index (χ0v) is 13.8. The molecule has 2 rings (SSSR count). The Labute approximate surface area is 131 Å². The normalized spacial score (nSPS) is 17.6. The third kappa shape index (κ3) is 4.69. The van der Waals surface area contributed by atoms with Crippen molar-refractivity contribution in [3.05, 3.63) is 29.8 Å². The molecule has 1 fully saturated rings. The standard InChI is InChI=1S/C14H20N2O3S.ClH/c1-14(7-9-15-10-8-14)16-13(17)11-3-5-12(6-4-11)20(2,18)19;/h3-6,15H,7-10H2,1-2H3,(H,16,17);1H. The fourth-order valence-corrected chi connectivity index (χ4v) is 2.93. The predicted octanol–water partition coefficient (Wildman–Crippen LogP) is 1.38. The van der Waals surface area contributed by atoms with E-state index in [-0.39, 0.29) is 28.7 Å². The third-order valence-corrected chi connectivity index (χ3v) is 4.80. The van der Waals surface area contributed by atoms with Crippen molar-refractivity contribution in [1.29, 1.82) is 0 Å². The summed E-state index contributed by atoms with van der Waals surface area (Å²) in [6.07, 6.45) is 2.93. The number of hydrogen-bond acceptors (Lipinski definition) is 4. The maximum atomic E-state index is 12.2. The fraction of sp³-hybridized carbons (Fsp3) is 0.500. The SMILES string of the molecule is CC1(NC(=O)c2ccc(S(C)(=O)=O)cc2)CCNCC1.Cl. The third-order valence-electron chi connectivity index (χ3n) is 3.67. The molecule has 0 atom stereocenters. The van der Waals surface area contributed by atoms with Gasteiger partial charge in [0.05, 0.1) is 4.90 Å². The van der Waals surface area contributed by atoms with E-state index in [0.717, 1.165) is 32.2 Å². The summed E-state index contributed by atoms with van der Waals surface area (Å²) >= 11 is 0. The molecule has 21 heavy (non-hydrogen) atoms. The molecule has 1 heterocycles. The van der Waals surface area contributed by atoms with Gasteiger partial charge in [0, 0.05) is 17.4 Å². The van der Waals surface area contributed by atoms with Gasteiger partial charge in [-0.3, -0.25) is 4.79 Å². The zero-order chi connectivity index (χ0) is 14.8. The molecule has 0 spiro atoms. The van der Waals surface area contributed by atoms with E-state index in [2.05, 4.69) is 10.6 Å². The quantitative estimate of drug-likeness (QED) is 0.877. The van der Waals surface area contributed by atoms with Crippen LogP contribution >= 0.6 is 12.4 Å². The second kappa shape index (κ2) is 6.77. The molecule has 0 aliphatic carbocycles. The van der Waals surface area contributed by atoms with Crippen molar-refractivity contribution >= 4 is 28.2 Å². The Morgan fingerprint density at radius 2 is 1.71 bits per heavy atom. The maximum absolute atomic E-state index is 12.2. The number of carbonyl (C=O) groups is 1. The van der Waals surface area contributed by atoms with Gasteiger partial charge in [-0.2, -0.15) is 0 Å². The van der Waals surface area contributed by atoms with E-state index in [9.17, 15) is 13.2 Å². The van der Waals surface area contributed by atoms with E-state index in [0.29, 0.717) is 5.56 Å². The molecule has 0 radical (unpaired) electrons. The number of carbonyl (C=O) groups excluding carboxylic acids is 1. The lowest BCUT2D eigenvalue weighted by Crippen LogP contribution is -2.52. The lowest BCUT2D eigenvalue weighted by Gasteiger charge is -2.35. The van der Waals surface area contributed by atoms with Crippen molar-refractivity contribution in [2.45, 2.75) is 30.2 Å². The monoisotopic (exact) mass is 332 g/mol. The van der Waals surface area contributed by atoms with Crippen molar-refractivity contribution in [3.63, 3.8) is 0 Å².